The first kappa shape index (κ1) is 14.3. The zero-order valence-corrected chi connectivity index (χ0v) is 11.8. The second-order valence-corrected chi connectivity index (χ2v) is 5.69. The predicted octanol–water partition coefficient (Wildman–Crippen LogP) is 2.71. The molecule has 1 aromatic rings. The Kier molecular flexibility index (Phi) is 3.93. The largest absolute Gasteiger partial charge is 0.480 e. The summed E-state index contributed by atoms with van der Waals surface area (Å²) in [7, 11) is 0. The van der Waals surface area contributed by atoms with Crippen molar-refractivity contribution in [1.29, 1.82) is 5.26 Å². The highest BCUT2D eigenvalue weighted by Gasteiger charge is 2.41. The zero-order valence-electron chi connectivity index (χ0n) is 11.8. The van der Waals surface area contributed by atoms with Gasteiger partial charge in [0.2, 0.25) is 0 Å². The van der Waals surface area contributed by atoms with E-state index in [4.69, 9.17) is 5.26 Å². The fraction of sp³-hybridized carbons (Fsp3) is 0.533. The lowest BCUT2D eigenvalue weighted by Crippen LogP contribution is -2.49. The third kappa shape index (κ3) is 2.90. The van der Waals surface area contributed by atoms with Gasteiger partial charge in [-0.1, -0.05) is 6.92 Å². The Morgan fingerprint density at radius 3 is 2.70 bits per heavy atom. The Labute approximate surface area is 118 Å². The van der Waals surface area contributed by atoms with Crippen molar-refractivity contribution in [3.63, 3.8) is 0 Å². The number of hydrogen-bond donors (Lipinski definition) is 2. The Hall–Kier alpha value is -2.09. The fourth-order valence-electron chi connectivity index (χ4n) is 2.69. The number of carbonyl (C=O) groups is 1. The lowest BCUT2D eigenvalue weighted by atomic mass is 9.77. The number of nitrogens with zero attached hydrogens (tertiary/aromatic N) is 2. The predicted molar refractivity (Wildman–Crippen MR) is 75.3 cm³/mol. The van der Waals surface area contributed by atoms with Gasteiger partial charge in [-0.15, -0.1) is 0 Å². The van der Waals surface area contributed by atoms with E-state index >= 15 is 0 Å². The van der Waals surface area contributed by atoms with Gasteiger partial charge in [-0.05, 0) is 50.7 Å². The normalized spacial score (nSPS) is 25.8. The summed E-state index contributed by atoms with van der Waals surface area (Å²) < 4.78 is 0. The first-order valence-electron chi connectivity index (χ1n) is 6.85. The lowest BCUT2D eigenvalue weighted by molar-refractivity contribution is -0.143. The first-order valence-corrected chi connectivity index (χ1v) is 6.85. The number of pyridine rings is 1. The van der Waals surface area contributed by atoms with Gasteiger partial charge >= 0.3 is 5.97 Å². The summed E-state index contributed by atoms with van der Waals surface area (Å²) in [5.41, 5.74) is 0.237. The van der Waals surface area contributed by atoms with E-state index in [1.54, 1.807) is 19.1 Å². The minimum absolute atomic E-state index is 0.471. The average molecular weight is 273 g/mol. The molecule has 2 rings (SSSR count). The molecule has 0 spiro atoms. The van der Waals surface area contributed by atoms with E-state index in [9.17, 15) is 9.90 Å². The van der Waals surface area contributed by atoms with Gasteiger partial charge in [0.15, 0.2) is 0 Å². The summed E-state index contributed by atoms with van der Waals surface area (Å²) >= 11 is 0. The topological polar surface area (TPSA) is 86.0 Å². The van der Waals surface area contributed by atoms with Gasteiger partial charge in [0.05, 0.1) is 11.6 Å². The highest BCUT2D eigenvalue weighted by molar-refractivity contribution is 5.82. The van der Waals surface area contributed by atoms with Crippen molar-refractivity contribution in [1.82, 2.24) is 4.98 Å². The van der Waals surface area contributed by atoms with E-state index in [-0.39, 0.29) is 0 Å². The Bertz CT molecular complexity index is 555. The van der Waals surface area contributed by atoms with Gasteiger partial charge in [-0.3, -0.25) is 0 Å². The molecule has 1 aromatic heterocycles. The van der Waals surface area contributed by atoms with E-state index in [2.05, 4.69) is 23.3 Å². The van der Waals surface area contributed by atoms with Crippen LogP contribution < -0.4 is 5.32 Å². The van der Waals surface area contributed by atoms with Crippen LogP contribution >= 0.6 is 0 Å². The highest BCUT2D eigenvalue weighted by Crippen LogP contribution is 2.34. The van der Waals surface area contributed by atoms with Crippen LogP contribution in [0.15, 0.2) is 12.1 Å². The van der Waals surface area contributed by atoms with Crippen molar-refractivity contribution >= 4 is 11.8 Å². The van der Waals surface area contributed by atoms with Crippen LogP contribution in [-0.2, 0) is 4.79 Å². The van der Waals surface area contributed by atoms with Crippen LogP contribution in [0.25, 0.3) is 0 Å². The number of aromatic nitrogens is 1. The molecule has 1 heterocycles. The number of aliphatic carboxylic acids is 1. The summed E-state index contributed by atoms with van der Waals surface area (Å²) in [5, 5.41) is 21.6. The Balaban J connectivity index is 2.27. The molecule has 106 valence electrons. The SMILES string of the molecule is Cc1cc(C#N)cc(NC2(C(=O)O)CCC(C)CC2)n1. The standard InChI is InChI=1S/C15H19N3O2/c1-10-3-5-15(6-4-10,14(19)20)18-13-8-12(9-16)7-11(2)17-13/h7-8,10H,3-6H2,1-2H3,(H,17,18)(H,19,20). The van der Waals surface area contributed by atoms with Crippen LogP contribution in [0.1, 0.15) is 43.9 Å². The van der Waals surface area contributed by atoms with Crippen molar-refractivity contribution in [2.24, 2.45) is 5.92 Å². The molecule has 0 saturated heterocycles. The fourth-order valence-corrected chi connectivity index (χ4v) is 2.69. The van der Waals surface area contributed by atoms with Crippen LogP contribution in [0, 0.1) is 24.2 Å². The molecule has 1 saturated carbocycles. The molecule has 5 heteroatoms. The summed E-state index contributed by atoms with van der Waals surface area (Å²) in [6, 6.07) is 5.36. The van der Waals surface area contributed by atoms with E-state index < -0.39 is 11.5 Å². The monoisotopic (exact) mass is 273 g/mol. The Morgan fingerprint density at radius 1 is 1.50 bits per heavy atom. The third-order valence-electron chi connectivity index (χ3n) is 3.99. The van der Waals surface area contributed by atoms with E-state index in [0.717, 1.165) is 12.8 Å². The smallest absolute Gasteiger partial charge is 0.329 e. The molecule has 0 aliphatic heterocycles. The number of carboxylic acid groups (broad SMARTS) is 1. The van der Waals surface area contributed by atoms with Crippen LogP contribution in [0.4, 0.5) is 5.82 Å². The van der Waals surface area contributed by atoms with Gasteiger partial charge < -0.3 is 10.4 Å². The van der Waals surface area contributed by atoms with E-state index in [0.29, 0.717) is 35.8 Å². The van der Waals surface area contributed by atoms with Gasteiger partial charge in [0, 0.05) is 5.69 Å². The molecular formula is C15H19N3O2. The first-order chi connectivity index (χ1) is 9.45. The van der Waals surface area contributed by atoms with Crippen molar-refractivity contribution in [3.05, 3.63) is 23.4 Å². The van der Waals surface area contributed by atoms with E-state index in [1.165, 1.54) is 0 Å². The van der Waals surface area contributed by atoms with Crippen LogP contribution in [-0.4, -0.2) is 21.6 Å². The maximum Gasteiger partial charge on any atom is 0.329 e. The number of nitrogens with one attached hydrogen (secondary N) is 1. The minimum atomic E-state index is -0.958. The number of aryl methyl sites for hydroxylation is 1. The van der Waals surface area contributed by atoms with Crippen molar-refractivity contribution in [2.75, 3.05) is 5.32 Å². The van der Waals surface area contributed by atoms with Crippen molar-refractivity contribution in [3.8, 4) is 6.07 Å². The van der Waals surface area contributed by atoms with Crippen LogP contribution in [0.3, 0.4) is 0 Å². The molecule has 0 amide bonds. The average Bonchev–Trinajstić information content (AvgIpc) is 2.40. The Morgan fingerprint density at radius 2 is 2.15 bits per heavy atom. The molecule has 0 unspecified atom stereocenters. The lowest BCUT2D eigenvalue weighted by Gasteiger charge is -2.36. The number of nitriles is 1. The van der Waals surface area contributed by atoms with Gasteiger partial charge in [0.25, 0.3) is 0 Å². The molecule has 0 atom stereocenters. The second kappa shape index (κ2) is 5.49. The van der Waals surface area contributed by atoms with Gasteiger partial charge in [-0.2, -0.15) is 5.26 Å². The number of carboxylic acids is 1. The summed E-state index contributed by atoms with van der Waals surface area (Å²) in [6.07, 6.45) is 2.94. The molecule has 0 radical (unpaired) electrons. The van der Waals surface area contributed by atoms with Gasteiger partial charge in [-0.25, -0.2) is 9.78 Å². The van der Waals surface area contributed by atoms with Crippen molar-refractivity contribution < 1.29 is 9.90 Å². The number of anilines is 1. The van der Waals surface area contributed by atoms with E-state index in [1.807, 2.05) is 0 Å². The maximum atomic E-state index is 11.7. The maximum absolute atomic E-state index is 11.7. The molecular weight excluding hydrogens is 254 g/mol. The summed E-state index contributed by atoms with van der Waals surface area (Å²) in [5.74, 6) is 0.189. The van der Waals surface area contributed by atoms with Crippen LogP contribution in [0.2, 0.25) is 0 Å². The molecule has 5 nitrogen and oxygen atoms in total. The summed E-state index contributed by atoms with van der Waals surface area (Å²) in [6.45, 7) is 3.94. The molecule has 1 aliphatic carbocycles. The highest BCUT2D eigenvalue weighted by atomic mass is 16.4. The molecule has 1 aliphatic rings. The molecule has 1 fully saturated rings. The van der Waals surface area contributed by atoms with Crippen LogP contribution in [0.5, 0.6) is 0 Å². The zero-order chi connectivity index (χ0) is 14.8. The number of hydrogen-bond acceptors (Lipinski definition) is 4. The minimum Gasteiger partial charge on any atom is -0.480 e. The van der Waals surface area contributed by atoms with Crippen molar-refractivity contribution in [2.45, 2.75) is 45.1 Å². The molecule has 0 bridgehead atoms. The molecule has 2 N–H and O–H groups in total. The molecule has 20 heavy (non-hydrogen) atoms. The van der Waals surface area contributed by atoms with Gasteiger partial charge in [0.1, 0.15) is 11.4 Å². The quantitative estimate of drug-likeness (QED) is 0.884. The third-order valence-corrected chi connectivity index (χ3v) is 3.99. The second-order valence-electron chi connectivity index (χ2n) is 5.69. The number of rotatable bonds is 3. The molecule has 0 aromatic carbocycles. The summed E-state index contributed by atoms with van der Waals surface area (Å²) in [4.78, 5) is 16.0.